The third kappa shape index (κ3) is 24.0. The number of Topliss-reactive ketones (excluding diaryl/α,β-unsaturated/α-hetero) is 5. The Morgan fingerprint density at radius 1 is 0.340 bits per heavy atom. The Morgan fingerprint density at radius 3 is 1.14 bits per heavy atom. The number of fused-ring (bicyclic) bond motifs is 10. The molecule has 0 saturated heterocycles. The number of aliphatic hydroxyl groups is 3. The van der Waals surface area contributed by atoms with Crippen molar-refractivity contribution in [1.82, 2.24) is 0 Å². The van der Waals surface area contributed by atoms with Gasteiger partial charge in [0.2, 0.25) is 22.1 Å². The number of carbonyl (C=O) groups is 5. The number of ketones is 5. The van der Waals surface area contributed by atoms with Crippen molar-refractivity contribution in [1.29, 1.82) is 0 Å². The summed E-state index contributed by atoms with van der Waals surface area (Å²) in [6, 6.07) is 79.9. The first kappa shape index (κ1) is 105. The number of aliphatic hydroxyl groups excluding tert-OH is 3. The maximum atomic E-state index is 12.6. The van der Waals surface area contributed by atoms with E-state index in [4.69, 9.17) is 23.2 Å². The summed E-state index contributed by atoms with van der Waals surface area (Å²) in [6.45, 7) is 21.2. The van der Waals surface area contributed by atoms with Gasteiger partial charge in [0.25, 0.3) is 5.01 Å². The van der Waals surface area contributed by atoms with E-state index in [-0.39, 0.29) is 93.3 Å². The van der Waals surface area contributed by atoms with Gasteiger partial charge in [0.05, 0.1) is 104 Å². The van der Waals surface area contributed by atoms with E-state index >= 15 is 0 Å². The Bertz CT molecular complexity index is 7520. The van der Waals surface area contributed by atoms with E-state index in [1.54, 1.807) is 58.4 Å². The quantitative estimate of drug-likeness (QED) is 0.0383. The fraction of sp³-hybridized carbons (Fsp3) is 0.237. The van der Waals surface area contributed by atoms with Crippen molar-refractivity contribution in [2.75, 3.05) is 57.2 Å². The van der Waals surface area contributed by atoms with Crippen LogP contribution >= 0.6 is 81.6 Å². The molecule has 0 bridgehead atoms. The molecule has 0 radical (unpaired) electrons. The standard InChI is InChI=1S/C25H25N2OS.C24H24ClN2O2S.C24H24ClN2O2Se.C23H23N2OS.C22H23N2O2S2/c1-18(2)23(28)17-27-22-12-6-7-13-24(22)29-25(27)14-8-9-19-15-16-26(3)21-11-5-4-10-20(19)21;2*1-15(2)22(29)13-27-21-10-16(14-28)4-7-23(21)30-24(27)11-17-8-9-26(3)20-6-5-18(25)12-19(17)20;1-16(2)21(26)15-25-20-10-6-7-11-22(20)27-23(25)14-17-12-13-24(3)19-9-5-4-8-18(17)19;1-14(2)18(26)12-24-17-10-15(13-25)8-9-20(17)28-22(24)11-21-23(3)16-6-4-5-7-19(16)27-21/h4-16,18H,17H2,1-3H3;2*4-12,15,28H,13-14H2,1-3H3;4-14,16H,15H2,1-3H3;4-11,14,25H,12-13H2,1-3H3/q5*+1. The summed E-state index contributed by atoms with van der Waals surface area (Å²) in [7, 11) is 10.2. The van der Waals surface area contributed by atoms with Crippen LogP contribution in [0.25, 0.3) is 84.2 Å². The van der Waals surface area contributed by atoms with E-state index in [1.807, 2.05) is 199 Å². The molecule has 10 heterocycles. The number of thioether (sulfide) groups is 4. The number of aryl methyl sites for hydroxylation is 5. The SMILES string of the molecule is CC(C)C(=O)CN1/C(=C/C=C/c2cc[n+](C)c3ccccc23)Sc2ccccc21.CC(C)C(=O)CN1/C(=C/c2cc[n+](C)c3ccc(Cl)cc23)Sc2ccc(CO)cc21.CC(C)C(=O)CN1/C(=C/c2cc[n+](C)c3ccc(Cl)cc23)[Se]c2ccc(CO)cc21.CC(C)C(=O)CN1/C(=C/c2cc[n+](C)c3ccccc23)Sc2ccccc21.CC(C)C(=O)CN1/C(=C/c2sc3ccccc3[n+]2C)Sc2ccc(CO)cc21. The van der Waals surface area contributed by atoms with Gasteiger partial charge in [0, 0.05) is 90.7 Å². The number of benzene rings is 10. The first-order valence-corrected chi connectivity index (χ1v) is 54.7. The predicted molar refractivity (Wildman–Crippen MR) is 597 cm³/mol. The number of carbonyl (C=O) groups excluding carboxylic acids is 5. The Labute approximate surface area is 880 Å². The molecule has 20 rings (SSSR count). The van der Waals surface area contributed by atoms with Gasteiger partial charge >= 0.3 is 188 Å². The minimum atomic E-state index is -0.0447. The molecule has 0 fully saturated rings. The van der Waals surface area contributed by atoms with Crippen LogP contribution in [0.15, 0.2) is 318 Å². The number of nitrogens with zero attached hydrogens (tertiary/aromatic N) is 10. The third-order valence-electron chi connectivity index (χ3n) is 25.8. The molecule has 5 aliphatic rings. The second-order valence-corrected chi connectivity index (χ2v) is 45.9. The number of aromatic nitrogens is 5. The van der Waals surface area contributed by atoms with Crippen LogP contribution in [0.1, 0.15) is 113 Å². The van der Waals surface area contributed by atoms with Crippen LogP contribution in [0, 0.1) is 29.6 Å². The average molecular weight is 2120 g/mol. The zero-order chi connectivity index (χ0) is 102. The van der Waals surface area contributed by atoms with E-state index in [9.17, 15) is 39.3 Å². The minimum absolute atomic E-state index is 0.00572. The van der Waals surface area contributed by atoms with Crippen LogP contribution in [-0.2, 0) is 79.0 Å². The Hall–Kier alpha value is -12.1. The Kier molecular flexibility index (Phi) is 34.1. The number of pyridine rings is 4. The van der Waals surface area contributed by atoms with Crippen molar-refractivity contribution >= 4 is 243 Å². The number of thiazole rings is 1. The zero-order valence-corrected chi connectivity index (χ0v) is 90.8. The van der Waals surface area contributed by atoms with Gasteiger partial charge in [-0.2, -0.15) is 4.57 Å². The summed E-state index contributed by atoms with van der Waals surface area (Å²) in [5.74, 6) is 1.05. The summed E-state index contributed by atoms with van der Waals surface area (Å²) in [5, 5.41) is 40.0. The van der Waals surface area contributed by atoms with Crippen LogP contribution in [0.3, 0.4) is 0 Å². The van der Waals surface area contributed by atoms with Gasteiger partial charge in [-0.05, 0) is 125 Å². The zero-order valence-electron chi connectivity index (χ0n) is 83.5. The monoisotopic (exact) mass is 2110 g/mol. The normalized spacial score (nSPS) is 14.9. The van der Waals surface area contributed by atoms with E-state index in [1.165, 1.54) is 57.4 Å². The van der Waals surface area contributed by atoms with Gasteiger partial charge in [0.15, 0.2) is 41.7 Å². The summed E-state index contributed by atoms with van der Waals surface area (Å²) in [6.07, 6.45) is 23.3. The molecule has 0 atom stereocenters. The largest absolute Gasteiger partial charge is 0.392 e. The van der Waals surface area contributed by atoms with Crippen LogP contribution in [-0.4, -0.2) is 91.9 Å². The molecule has 0 amide bonds. The molecule has 26 heteroatoms. The minimum Gasteiger partial charge on any atom is -0.392 e. The number of hydrogen-bond donors (Lipinski definition) is 3. The van der Waals surface area contributed by atoms with Gasteiger partial charge in [-0.25, -0.2) is 13.7 Å². The van der Waals surface area contributed by atoms with E-state index in [0.29, 0.717) is 42.8 Å². The molecule has 0 spiro atoms. The van der Waals surface area contributed by atoms with Crippen molar-refractivity contribution in [3.63, 3.8) is 0 Å². The third-order valence-corrected chi connectivity index (χ3v) is 34.2. The second kappa shape index (κ2) is 47.0. The molecule has 3 N–H and O–H groups in total. The van der Waals surface area contributed by atoms with Gasteiger partial charge in [-0.15, -0.1) is 0 Å². The maximum absolute atomic E-state index is 12.6. The van der Waals surface area contributed by atoms with Crippen LogP contribution in [0.5, 0.6) is 0 Å². The van der Waals surface area contributed by atoms with Gasteiger partial charge in [-0.3, -0.25) is 19.2 Å². The van der Waals surface area contributed by atoms with Crippen LogP contribution < -0.4 is 51.8 Å². The van der Waals surface area contributed by atoms with Gasteiger partial charge in [-0.1, -0.05) is 210 Å². The Morgan fingerprint density at radius 2 is 0.688 bits per heavy atom. The number of halogens is 2. The fourth-order valence-electron chi connectivity index (χ4n) is 17.0. The summed E-state index contributed by atoms with van der Waals surface area (Å²) < 4.78 is 14.2. The number of anilines is 5. The number of rotatable bonds is 24. The molecule has 0 unspecified atom stereocenters. The van der Waals surface area contributed by atoms with Crippen molar-refractivity contribution in [2.24, 2.45) is 64.8 Å². The first-order valence-electron chi connectivity index (χ1n) is 48.1. The van der Waals surface area contributed by atoms with Crippen LogP contribution in [0.2, 0.25) is 10.0 Å². The summed E-state index contributed by atoms with van der Waals surface area (Å²) in [4.78, 5) is 77.9. The van der Waals surface area contributed by atoms with E-state index in [2.05, 4.69) is 257 Å². The molecule has 0 saturated carbocycles. The van der Waals surface area contributed by atoms with Crippen molar-refractivity contribution in [2.45, 2.75) is 109 Å². The molecule has 5 aromatic heterocycles. The summed E-state index contributed by atoms with van der Waals surface area (Å²) >= 11 is 21.2. The molecular formula is C118H119Cl2N10O8S5Se+5. The van der Waals surface area contributed by atoms with Gasteiger partial charge in [0.1, 0.15) is 32.9 Å². The summed E-state index contributed by atoms with van der Waals surface area (Å²) in [5.41, 5.74) is 18.0. The number of para-hydroxylation sites is 5. The smallest absolute Gasteiger partial charge is 0.265 e. The number of allylic oxidation sites excluding steroid dienone is 2. The molecular weight excluding hydrogens is 2000 g/mol. The molecule has 5 aliphatic heterocycles. The van der Waals surface area contributed by atoms with Crippen molar-refractivity contribution < 1.29 is 62.1 Å². The van der Waals surface area contributed by atoms with Crippen molar-refractivity contribution in [3.05, 3.63) is 352 Å². The van der Waals surface area contributed by atoms with Gasteiger partial charge < -0.3 is 29.8 Å². The molecule has 10 aromatic carbocycles. The van der Waals surface area contributed by atoms with E-state index in [0.717, 1.165) is 118 Å². The first-order chi connectivity index (χ1) is 69.3. The second-order valence-electron chi connectivity index (χ2n) is 37.5. The maximum Gasteiger partial charge on any atom is 0.265 e. The molecule has 0 aliphatic carbocycles. The average Bonchev–Trinajstić information content (AvgIpc) is 1.58. The molecule has 15 aromatic rings. The predicted octanol–water partition coefficient (Wildman–Crippen LogP) is 22.6. The van der Waals surface area contributed by atoms with Crippen LogP contribution in [0.4, 0.5) is 28.4 Å². The van der Waals surface area contributed by atoms with Crippen molar-refractivity contribution in [3.8, 4) is 0 Å². The topological polar surface area (TPSA) is 182 Å². The fourth-order valence-corrected chi connectivity index (χ4v) is 25.2. The molecule has 734 valence electrons. The Balaban J connectivity index is 0.000000129. The molecule has 18 nitrogen and oxygen atoms in total. The van der Waals surface area contributed by atoms with E-state index < -0.39 is 0 Å². The molecule has 144 heavy (non-hydrogen) atoms. The number of hydrogen-bond acceptors (Lipinski definition) is 18.